The first-order chi connectivity index (χ1) is 16.0. The van der Waals surface area contributed by atoms with Crippen LogP contribution in [0, 0.1) is 6.92 Å². The predicted molar refractivity (Wildman–Crippen MR) is 124 cm³/mol. The first kappa shape index (κ1) is 22.3. The average molecular weight is 446 g/mol. The van der Waals surface area contributed by atoms with Gasteiger partial charge < -0.3 is 14.6 Å². The van der Waals surface area contributed by atoms with Crippen molar-refractivity contribution in [3.63, 3.8) is 0 Å². The van der Waals surface area contributed by atoms with Gasteiger partial charge in [0.15, 0.2) is 0 Å². The molecule has 0 bridgehead atoms. The van der Waals surface area contributed by atoms with Crippen molar-refractivity contribution in [1.29, 1.82) is 0 Å². The van der Waals surface area contributed by atoms with Crippen LogP contribution in [0.3, 0.4) is 0 Å². The van der Waals surface area contributed by atoms with Crippen LogP contribution in [0.15, 0.2) is 71.3 Å². The maximum atomic E-state index is 13.6. The molecule has 0 aliphatic heterocycles. The SMILES string of the molecule is Cc1ccccc1[C@@H](C(=O)NCc1ccco1)N(C(=O)Cn1nnc2ccccc21)C(C)C. The van der Waals surface area contributed by atoms with E-state index in [1.54, 1.807) is 28.0 Å². The highest BCUT2D eigenvalue weighted by Crippen LogP contribution is 2.27. The number of nitrogens with zero attached hydrogens (tertiary/aromatic N) is 4. The molecule has 2 aromatic carbocycles. The molecule has 2 amide bonds. The van der Waals surface area contributed by atoms with Crippen LogP contribution in [0.1, 0.15) is 36.8 Å². The van der Waals surface area contributed by atoms with Gasteiger partial charge in [0.05, 0.1) is 18.3 Å². The second-order valence-electron chi connectivity index (χ2n) is 8.19. The molecule has 2 aromatic heterocycles. The van der Waals surface area contributed by atoms with E-state index in [0.29, 0.717) is 11.3 Å². The monoisotopic (exact) mass is 445 g/mol. The lowest BCUT2D eigenvalue weighted by molar-refractivity contribution is -0.143. The Morgan fingerprint density at radius 3 is 2.55 bits per heavy atom. The Morgan fingerprint density at radius 1 is 1.06 bits per heavy atom. The van der Waals surface area contributed by atoms with Gasteiger partial charge in [0.25, 0.3) is 0 Å². The van der Waals surface area contributed by atoms with E-state index in [4.69, 9.17) is 4.42 Å². The van der Waals surface area contributed by atoms with Crippen molar-refractivity contribution in [3.05, 3.63) is 83.8 Å². The number of amides is 2. The number of rotatable bonds is 8. The molecule has 0 fully saturated rings. The molecule has 1 N–H and O–H groups in total. The summed E-state index contributed by atoms with van der Waals surface area (Å²) in [6.07, 6.45) is 1.56. The van der Waals surface area contributed by atoms with Crippen molar-refractivity contribution in [2.45, 2.75) is 45.9 Å². The predicted octanol–water partition coefficient (Wildman–Crippen LogP) is 3.63. The van der Waals surface area contributed by atoms with Crippen LogP contribution in [-0.4, -0.2) is 37.7 Å². The first-order valence-electron chi connectivity index (χ1n) is 10.9. The third kappa shape index (κ3) is 4.79. The standard InChI is InChI=1S/C25H27N5O3/c1-17(2)30(23(31)16-29-22-13-7-6-12-21(22)27-28-29)24(20-11-5-4-9-18(20)3)25(32)26-15-19-10-8-14-33-19/h4-14,17,24H,15-16H2,1-3H3,(H,26,32)/t24-/m0/s1. The quantitative estimate of drug-likeness (QED) is 0.447. The van der Waals surface area contributed by atoms with E-state index in [-0.39, 0.29) is 30.9 Å². The highest BCUT2D eigenvalue weighted by atomic mass is 16.3. The van der Waals surface area contributed by atoms with Gasteiger partial charge in [-0.2, -0.15) is 0 Å². The van der Waals surface area contributed by atoms with E-state index in [9.17, 15) is 9.59 Å². The summed E-state index contributed by atoms with van der Waals surface area (Å²) in [4.78, 5) is 28.7. The maximum absolute atomic E-state index is 13.6. The number of hydrogen-bond donors (Lipinski definition) is 1. The molecule has 8 heteroatoms. The smallest absolute Gasteiger partial charge is 0.247 e. The zero-order chi connectivity index (χ0) is 23.4. The summed E-state index contributed by atoms with van der Waals surface area (Å²) < 4.78 is 6.92. The number of benzene rings is 2. The van der Waals surface area contributed by atoms with Gasteiger partial charge in [-0.3, -0.25) is 9.59 Å². The Balaban J connectivity index is 1.66. The van der Waals surface area contributed by atoms with Crippen molar-refractivity contribution in [3.8, 4) is 0 Å². The molecule has 0 saturated carbocycles. The van der Waals surface area contributed by atoms with E-state index in [1.165, 1.54) is 0 Å². The molecule has 33 heavy (non-hydrogen) atoms. The third-order valence-corrected chi connectivity index (χ3v) is 5.58. The highest BCUT2D eigenvalue weighted by molar-refractivity contribution is 5.89. The Labute approximate surface area is 192 Å². The summed E-state index contributed by atoms with van der Waals surface area (Å²) in [5, 5.41) is 11.2. The lowest BCUT2D eigenvalue weighted by Gasteiger charge is -2.35. The molecular weight excluding hydrogens is 418 g/mol. The Morgan fingerprint density at radius 2 is 1.82 bits per heavy atom. The summed E-state index contributed by atoms with van der Waals surface area (Å²) in [5.74, 6) is 0.150. The zero-order valence-corrected chi connectivity index (χ0v) is 18.9. The number of hydrogen-bond acceptors (Lipinski definition) is 5. The van der Waals surface area contributed by atoms with Gasteiger partial charge in [0, 0.05) is 6.04 Å². The number of carbonyl (C=O) groups excluding carboxylic acids is 2. The largest absolute Gasteiger partial charge is 0.467 e. The molecule has 0 radical (unpaired) electrons. The second kappa shape index (κ2) is 9.68. The normalized spacial score (nSPS) is 12.1. The summed E-state index contributed by atoms with van der Waals surface area (Å²) in [6.45, 7) is 5.97. The fourth-order valence-corrected chi connectivity index (χ4v) is 3.97. The van der Waals surface area contributed by atoms with Crippen molar-refractivity contribution < 1.29 is 14.0 Å². The molecule has 4 rings (SSSR count). The second-order valence-corrected chi connectivity index (χ2v) is 8.19. The first-order valence-corrected chi connectivity index (χ1v) is 10.9. The molecule has 4 aromatic rings. The number of para-hydroxylation sites is 1. The molecule has 0 unspecified atom stereocenters. The van der Waals surface area contributed by atoms with Gasteiger partial charge in [-0.25, -0.2) is 4.68 Å². The van der Waals surface area contributed by atoms with E-state index in [1.807, 2.05) is 69.3 Å². The molecular formula is C25H27N5O3. The number of nitrogens with one attached hydrogen (secondary N) is 1. The minimum Gasteiger partial charge on any atom is -0.467 e. The molecule has 8 nitrogen and oxygen atoms in total. The lowest BCUT2D eigenvalue weighted by Crippen LogP contribution is -2.48. The van der Waals surface area contributed by atoms with Gasteiger partial charge in [-0.15, -0.1) is 5.10 Å². The Hall–Kier alpha value is -3.94. The van der Waals surface area contributed by atoms with Crippen LogP contribution in [0.4, 0.5) is 0 Å². The summed E-state index contributed by atoms with van der Waals surface area (Å²) in [7, 11) is 0. The van der Waals surface area contributed by atoms with E-state index in [0.717, 1.165) is 16.6 Å². The number of furan rings is 1. The summed E-state index contributed by atoms with van der Waals surface area (Å²) in [6, 6.07) is 17.6. The maximum Gasteiger partial charge on any atom is 0.247 e. The number of aryl methyl sites for hydroxylation is 1. The Bertz CT molecular complexity index is 1250. The summed E-state index contributed by atoms with van der Waals surface area (Å²) in [5.41, 5.74) is 3.19. The molecule has 0 aliphatic rings. The van der Waals surface area contributed by atoms with E-state index < -0.39 is 6.04 Å². The van der Waals surface area contributed by atoms with Crippen molar-refractivity contribution >= 4 is 22.8 Å². The van der Waals surface area contributed by atoms with Crippen molar-refractivity contribution in [2.24, 2.45) is 0 Å². The van der Waals surface area contributed by atoms with Gasteiger partial charge in [-0.05, 0) is 56.2 Å². The highest BCUT2D eigenvalue weighted by Gasteiger charge is 2.34. The molecule has 1 atom stereocenters. The molecule has 0 aliphatic carbocycles. The van der Waals surface area contributed by atoms with Gasteiger partial charge in [0.2, 0.25) is 11.8 Å². The number of fused-ring (bicyclic) bond motifs is 1. The van der Waals surface area contributed by atoms with Crippen molar-refractivity contribution in [2.75, 3.05) is 0 Å². The van der Waals surface area contributed by atoms with Crippen molar-refractivity contribution in [1.82, 2.24) is 25.2 Å². The van der Waals surface area contributed by atoms with Gasteiger partial charge in [-0.1, -0.05) is 41.6 Å². The topological polar surface area (TPSA) is 93.3 Å². The van der Waals surface area contributed by atoms with Crippen LogP contribution in [0.5, 0.6) is 0 Å². The van der Waals surface area contributed by atoms with Crippen LogP contribution < -0.4 is 5.32 Å². The Kier molecular flexibility index (Phi) is 6.53. The van der Waals surface area contributed by atoms with E-state index >= 15 is 0 Å². The average Bonchev–Trinajstić information content (AvgIpc) is 3.46. The fraction of sp³-hybridized carbons (Fsp3) is 0.280. The van der Waals surface area contributed by atoms with Crippen LogP contribution in [0.2, 0.25) is 0 Å². The summed E-state index contributed by atoms with van der Waals surface area (Å²) >= 11 is 0. The zero-order valence-electron chi connectivity index (χ0n) is 18.9. The minimum atomic E-state index is -0.802. The van der Waals surface area contributed by atoms with Crippen LogP contribution in [0.25, 0.3) is 11.0 Å². The molecule has 170 valence electrons. The minimum absolute atomic E-state index is 0.0213. The third-order valence-electron chi connectivity index (χ3n) is 5.58. The lowest BCUT2D eigenvalue weighted by atomic mass is 9.97. The molecule has 0 spiro atoms. The number of aromatic nitrogens is 3. The number of carbonyl (C=O) groups is 2. The van der Waals surface area contributed by atoms with E-state index in [2.05, 4.69) is 15.6 Å². The fourth-order valence-electron chi connectivity index (χ4n) is 3.97. The van der Waals surface area contributed by atoms with Crippen LogP contribution >= 0.6 is 0 Å². The van der Waals surface area contributed by atoms with Crippen LogP contribution in [-0.2, 0) is 22.7 Å². The van der Waals surface area contributed by atoms with Gasteiger partial charge >= 0.3 is 0 Å². The molecule has 0 saturated heterocycles. The molecule has 2 heterocycles. The van der Waals surface area contributed by atoms with Gasteiger partial charge in [0.1, 0.15) is 23.9 Å².